The first-order valence-corrected chi connectivity index (χ1v) is 9.06. The average molecular weight is 421 g/mol. The molecule has 3 aromatic rings. The minimum Gasteiger partial charge on any atom is -0.493 e. The number of halogens is 2. The molecule has 0 spiro atoms. The normalized spacial score (nSPS) is 10.6. The first kappa shape index (κ1) is 20.0. The molecule has 1 heterocycles. The van der Waals surface area contributed by atoms with Crippen molar-refractivity contribution in [3.63, 3.8) is 0 Å². The fourth-order valence-electron chi connectivity index (χ4n) is 2.81. The fourth-order valence-corrected chi connectivity index (χ4v) is 3.18. The highest BCUT2D eigenvalue weighted by atomic mass is 35.5. The van der Waals surface area contributed by atoms with Gasteiger partial charge in [0.05, 0.1) is 43.3 Å². The Kier molecular flexibility index (Phi) is 6.11. The van der Waals surface area contributed by atoms with Crippen molar-refractivity contribution in [1.82, 2.24) is 4.98 Å². The Morgan fingerprint density at radius 3 is 2.25 bits per heavy atom. The van der Waals surface area contributed by atoms with E-state index in [0.717, 1.165) is 5.39 Å². The summed E-state index contributed by atoms with van der Waals surface area (Å²) in [7, 11) is 4.57. The largest absolute Gasteiger partial charge is 0.493 e. The minimum absolute atomic E-state index is 0.0969. The number of pyridine rings is 1. The molecule has 0 radical (unpaired) electrons. The number of aromatic nitrogens is 1. The van der Waals surface area contributed by atoms with Crippen LogP contribution in [0, 0.1) is 0 Å². The summed E-state index contributed by atoms with van der Waals surface area (Å²) >= 11 is 12.3. The van der Waals surface area contributed by atoms with Gasteiger partial charge in [-0.15, -0.1) is 0 Å². The first-order chi connectivity index (χ1) is 13.5. The molecule has 0 saturated heterocycles. The summed E-state index contributed by atoms with van der Waals surface area (Å²) in [5.74, 6) is 1.56. The molecule has 0 bridgehead atoms. The quantitative estimate of drug-likeness (QED) is 0.622. The minimum atomic E-state index is -0.251. The van der Waals surface area contributed by atoms with Crippen molar-refractivity contribution in [1.29, 1.82) is 0 Å². The molecule has 8 heteroatoms. The van der Waals surface area contributed by atoms with Crippen LogP contribution < -0.4 is 19.5 Å². The van der Waals surface area contributed by atoms with E-state index in [1.54, 1.807) is 24.3 Å². The van der Waals surface area contributed by atoms with Crippen LogP contribution in [0.3, 0.4) is 0 Å². The van der Waals surface area contributed by atoms with Crippen molar-refractivity contribution in [3.8, 4) is 17.2 Å². The molecule has 28 heavy (non-hydrogen) atoms. The standard InChI is InChI=1S/C20H18Cl2N2O4/c1-26-14-8-11(9-15(27-2)20(14)28-3)10-17(25)23-16-7-5-12-4-6-13(21)18(22)19(12)24-16/h4-9H,10H2,1-3H3,(H,23,24,25). The van der Waals surface area contributed by atoms with Gasteiger partial charge in [0.2, 0.25) is 11.7 Å². The van der Waals surface area contributed by atoms with Gasteiger partial charge in [-0.05, 0) is 35.9 Å². The van der Waals surface area contributed by atoms with E-state index >= 15 is 0 Å². The Hall–Kier alpha value is -2.70. The predicted molar refractivity (Wildman–Crippen MR) is 110 cm³/mol. The number of nitrogens with zero attached hydrogens (tertiary/aromatic N) is 1. The van der Waals surface area contributed by atoms with Crippen LogP contribution in [0.5, 0.6) is 17.2 Å². The zero-order valence-electron chi connectivity index (χ0n) is 15.5. The molecule has 0 atom stereocenters. The Morgan fingerprint density at radius 1 is 1.00 bits per heavy atom. The van der Waals surface area contributed by atoms with Crippen LogP contribution in [0.15, 0.2) is 36.4 Å². The lowest BCUT2D eigenvalue weighted by Crippen LogP contribution is -2.15. The SMILES string of the molecule is COc1cc(CC(=O)Nc2ccc3ccc(Cl)c(Cl)c3n2)cc(OC)c1OC. The summed E-state index contributed by atoms with van der Waals surface area (Å²) in [6, 6.07) is 10.5. The van der Waals surface area contributed by atoms with Crippen molar-refractivity contribution in [2.45, 2.75) is 6.42 Å². The fraction of sp³-hybridized carbons (Fsp3) is 0.200. The number of rotatable bonds is 6. The number of hydrogen-bond acceptors (Lipinski definition) is 5. The van der Waals surface area contributed by atoms with Crippen LogP contribution in [0.2, 0.25) is 10.0 Å². The monoisotopic (exact) mass is 420 g/mol. The van der Waals surface area contributed by atoms with Crippen molar-refractivity contribution >= 4 is 45.8 Å². The highest BCUT2D eigenvalue weighted by Crippen LogP contribution is 2.38. The third-order valence-corrected chi connectivity index (χ3v) is 4.90. The second-order valence-electron chi connectivity index (χ2n) is 5.89. The van der Waals surface area contributed by atoms with E-state index in [2.05, 4.69) is 10.3 Å². The van der Waals surface area contributed by atoms with Crippen LogP contribution >= 0.6 is 23.2 Å². The predicted octanol–water partition coefficient (Wildman–Crippen LogP) is 4.75. The van der Waals surface area contributed by atoms with Crippen LogP contribution in [0.4, 0.5) is 5.82 Å². The molecular formula is C20H18Cl2N2O4. The highest BCUT2D eigenvalue weighted by Gasteiger charge is 2.15. The van der Waals surface area contributed by atoms with Crippen LogP contribution in [0.1, 0.15) is 5.56 Å². The summed E-state index contributed by atoms with van der Waals surface area (Å²) in [4.78, 5) is 16.9. The van der Waals surface area contributed by atoms with E-state index in [-0.39, 0.29) is 12.3 Å². The van der Waals surface area contributed by atoms with E-state index in [1.165, 1.54) is 21.3 Å². The number of fused-ring (bicyclic) bond motifs is 1. The number of hydrogen-bond donors (Lipinski definition) is 1. The highest BCUT2D eigenvalue weighted by molar-refractivity contribution is 6.45. The summed E-state index contributed by atoms with van der Waals surface area (Å²) in [5, 5.41) is 4.35. The molecule has 2 aromatic carbocycles. The van der Waals surface area contributed by atoms with Crippen molar-refractivity contribution in [2.24, 2.45) is 0 Å². The number of carbonyl (C=O) groups excluding carboxylic acids is 1. The Bertz CT molecular complexity index is 1020. The second kappa shape index (κ2) is 8.54. The molecule has 3 rings (SSSR count). The van der Waals surface area contributed by atoms with Gasteiger partial charge in [-0.25, -0.2) is 4.98 Å². The van der Waals surface area contributed by atoms with E-state index in [1.807, 2.05) is 12.1 Å². The molecule has 0 saturated carbocycles. The first-order valence-electron chi connectivity index (χ1n) is 8.30. The molecule has 0 unspecified atom stereocenters. The maximum Gasteiger partial charge on any atom is 0.229 e. The number of methoxy groups -OCH3 is 3. The average Bonchev–Trinajstić information content (AvgIpc) is 2.70. The van der Waals surface area contributed by atoms with Gasteiger partial charge in [0.15, 0.2) is 11.5 Å². The van der Waals surface area contributed by atoms with Gasteiger partial charge in [-0.1, -0.05) is 29.3 Å². The third-order valence-electron chi connectivity index (χ3n) is 4.11. The number of carbonyl (C=O) groups is 1. The Labute approximate surface area is 172 Å². The number of ether oxygens (including phenoxy) is 3. The Morgan fingerprint density at radius 2 is 1.64 bits per heavy atom. The lowest BCUT2D eigenvalue weighted by atomic mass is 10.1. The van der Waals surface area contributed by atoms with Gasteiger partial charge >= 0.3 is 0 Å². The third kappa shape index (κ3) is 4.08. The maximum atomic E-state index is 12.5. The van der Waals surface area contributed by atoms with Gasteiger partial charge in [0, 0.05) is 5.39 Å². The van der Waals surface area contributed by atoms with E-state index in [9.17, 15) is 4.79 Å². The van der Waals surface area contributed by atoms with Crippen LogP contribution in [-0.2, 0) is 11.2 Å². The molecule has 0 aliphatic heterocycles. The van der Waals surface area contributed by atoms with Crippen molar-refractivity contribution in [2.75, 3.05) is 26.6 Å². The summed E-state index contributed by atoms with van der Waals surface area (Å²) in [6.45, 7) is 0. The summed E-state index contributed by atoms with van der Waals surface area (Å²) in [6.07, 6.45) is 0.0969. The lowest BCUT2D eigenvalue weighted by Gasteiger charge is -2.14. The number of nitrogens with one attached hydrogen (secondary N) is 1. The second-order valence-corrected chi connectivity index (χ2v) is 6.67. The maximum absolute atomic E-state index is 12.5. The number of benzene rings is 2. The molecule has 1 amide bonds. The molecular weight excluding hydrogens is 403 g/mol. The van der Waals surface area contributed by atoms with Gasteiger partial charge < -0.3 is 19.5 Å². The van der Waals surface area contributed by atoms with E-state index < -0.39 is 0 Å². The summed E-state index contributed by atoms with van der Waals surface area (Å²) in [5.41, 5.74) is 1.23. The van der Waals surface area contributed by atoms with Gasteiger partial charge in [-0.3, -0.25) is 4.79 Å². The zero-order chi connectivity index (χ0) is 20.3. The van der Waals surface area contributed by atoms with Gasteiger partial charge in [-0.2, -0.15) is 0 Å². The zero-order valence-corrected chi connectivity index (χ0v) is 17.0. The number of amides is 1. The molecule has 146 valence electrons. The molecule has 1 aromatic heterocycles. The molecule has 1 N–H and O–H groups in total. The molecule has 0 fully saturated rings. The number of anilines is 1. The topological polar surface area (TPSA) is 69.7 Å². The van der Waals surface area contributed by atoms with Gasteiger partial charge in [0.1, 0.15) is 5.82 Å². The lowest BCUT2D eigenvalue weighted by molar-refractivity contribution is -0.115. The van der Waals surface area contributed by atoms with Crippen LogP contribution in [0.25, 0.3) is 10.9 Å². The van der Waals surface area contributed by atoms with Gasteiger partial charge in [0.25, 0.3) is 0 Å². The Balaban J connectivity index is 1.82. The van der Waals surface area contributed by atoms with Crippen molar-refractivity contribution < 1.29 is 19.0 Å². The molecule has 6 nitrogen and oxygen atoms in total. The smallest absolute Gasteiger partial charge is 0.229 e. The van der Waals surface area contributed by atoms with Crippen molar-refractivity contribution in [3.05, 3.63) is 52.0 Å². The van der Waals surface area contributed by atoms with Crippen LogP contribution in [-0.4, -0.2) is 32.2 Å². The molecule has 0 aliphatic carbocycles. The molecule has 0 aliphatic rings. The summed E-state index contributed by atoms with van der Waals surface area (Å²) < 4.78 is 15.9. The van der Waals surface area contributed by atoms with E-state index in [0.29, 0.717) is 44.2 Å². The van der Waals surface area contributed by atoms with E-state index in [4.69, 9.17) is 37.4 Å².